The van der Waals surface area contributed by atoms with Crippen LogP contribution >= 0.6 is 15.6 Å². The van der Waals surface area contributed by atoms with Crippen LogP contribution in [0.25, 0.3) is 0 Å². The fraction of sp³-hybridized carbons (Fsp3) is 0.944. The number of unbranched alkanes of at least 4 members (excludes halogenated alkanes) is 32. The number of phosphoric ester groups is 2. The van der Waals surface area contributed by atoms with Gasteiger partial charge < -0.3 is 33.8 Å². The molecule has 17 nitrogen and oxygen atoms in total. The van der Waals surface area contributed by atoms with Crippen molar-refractivity contribution in [2.75, 3.05) is 39.6 Å². The zero-order valence-corrected chi connectivity index (χ0v) is 60.6. The van der Waals surface area contributed by atoms with Crippen LogP contribution in [0.15, 0.2) is 0 Å². The molecule has 19 heteroatoms. The molecule has 5 unspecified atom stereocenters. The van der Waals surface area contributed by atoms with E-state index in [1.54, 1.807) is 0 Å². The Hall–Kier alpha value is -1.94. The number of carbonyl (C=O) groups excluding carboxylic acids is 4. The Labute approximate surface area is 549 Å². The van der Waals surface area contributed by atoms with Crippen LogP contribution in [-0.4, -0.2) is 96.7 Å². The third-order valence-electron chi connectivity index (χ3n) is 17.0. The first-order chi connectivity index (χ1) is 43.2. The number of rotatable bonds is 68. The van der Waals surface area contributed by atoms with E-state index in [4.69, 9.17) is 37.0 Å². The third-order valence-corrected chi connectivity index (χ3v) is 18.9. The van der Waals surface area contributed by atoms with Gasteiger partial charge in [-0.05, 0) is 49.4 Å². The Bertz CT molecular complexity index is 1790. The van der Waals surface area contributed by atoms with Crippen molar-refractivity contribution in [3.05, 3.63) is 0 Å². The highest BCUT2D eigenvalue weighted by molar-refractivity contribution is 7.47. The molecular formula is C71H138O17P2. The lowest BCUT2D eigenvalue weighted by Crippen LogP contribution is -2.30. The molecule has 90 heavy (non-hydrogen) atoms. The minimum Gasteiger partial charge on any atom is -0.462 e. The standard InChI is InChI=1S/C71H138O17P2/c1-9-63(7)49-41-33-25-16-12-14-18-29-37-45-53-70(75)87-66(58-82-69(74)52-44-36-28-21-19-24-32-40-48-62(5)6)59-85-89(77,78)83-55-65(72)56-84-90(79,80)86-60-67(88-71(76)54-46-38-30-22-20-26-34-42-50-64(8)10-2)57-81-68(73)51-43-35-27-17-13-11-15-23-31-39-47-61(3)4/h61-67,72H,9-60H2,1-8H3,(H,77,78)(H,79,80)/t63?,64?,65?,66-,67-/m1/s1. The summed E-state index contributed by atoms with van der Waals surface area (Å²) < 4.78 is 68.3. The first-order valence-electron chi connectivity index (χ1n) is 36.8. The van der Waals surface area contributed by atoms with Gasteiger partial charge in [-0.2, -0.15) is 0 Å². The Balaban J connectivity index is 5.28. The van der Waals surface area contributed by atoms with Gasteiger partial charge in [-0.25, -0.2) is 9.13 Å². The van der Waals surface area contributed by atoms with E-state index in [1.807, 2.05) is 0 Å². The molecule has 0 aliphatic rings. The van der Waals surface area contributed by atoms with Crippen LogP contribution in [0.2, 0.25) is 0 Å². The van der Waals surface area contributed by atoms with Crippen molar-refractivity contribution in [3.63, 3.8) is 0 Å². The van der Waals surface area contributed by atoms with Gasteiger partial charge in [0, 0.05) is 25.7 Å². The van der Waals surface area contributed by atoms with Crippen LogP contribution in [0, 0.1) is 23.7 Å². The van der Waals surface area contributed by atoms with Crippen LogP contribution < -0.4 is 0 Å². The highest BCUT2D eigenvalue weighted by Gasteiger charge is 2.30. The quantitative estimate of drug-likeness (QED) is 0.0222. The lowest BCUT2D eigenvalue weighted by atomic mass is 9.99. The molecule has 0 fully saturated rings. The van der Waals surface area contributed by atoms with Crippen molar-refractivity contribution in [2.24, 2.45) is 23.7 Å². The number of aliphatic hydroxyl groups excluding tert-OH is 1. The minimum atomic E-state index is -4.95. The summed E-state index contributed by atoms with van der Waals surface area (Å²) in [5, 5.41) is 10.6. The molecule has 0 aromatic rings. The Morgan fingerprint density at radius 2 is 0.533 bits per heavy atom. The van der Waals surface area contributed by atoms with Crippen LogP contribution in [0.3, 0.4) is 0 Å². The van der Waals surface area contributed by atoms with Gasteiger partial charge >= 0.3 is 39.5 Å². The fourth-order valence-electron chi connectivity index (χ4n) is 10.6. The Morgan fingerprint density at radius 1 is 0.311 bits per heavy atom. The van der Waals surface area contributed by atoms with Crippen molar-refractivity contribution >= 4 is 39.5 Å². The average molecular weight is 1330 g/mol. The number of hydrogen-bond donors (Lipinski definition) is 3. The molecule has 0 saturated carbocycles. The van der Waals surface area contributed by atoms with Crippen molar-refractivity contribution in [1.29, 1.82) is 0 Å². The van der Waals surface area contributed by atoms with Crippen molar-refractivity contribution in [2.45, 2.75) is 369 Å². The number of phosphoric acid groups is 2. The Morgan fingerprint density at radius 3 is 0.789 bits per heavy atom. The fourth-order valence-corrected chi connectivity index (χ4v) is 12.2. The predicted octanol–water partition coefficient (Wildman–Crippen LogP) is 20.1. The average Bonchev–Trinajstić information content (AvgIpc) is 3.68. The second-order valence-corrected chi connectivity index (χ2v) is 30.0. The van der Waals surface area contributed by atoms with Gasteiger partial charge in [-0.3, -0.25) is 37.3 Å². The van der Waals surface area contributed by atoms with E-state index in [2.05, 4.69) is 55.4 Å². The second kappa shape index (κ2) is 60.7. The summed E-state index contributed by atoms with van der Waals surface area (Å²) in [7, 11) is -9.91. The largest absolute Gasteiger partial charge is 0.472 e. The number of aliphatic hydroxyl groups is 1. The molecule has 3 N–H and O–H groups in total. The Kier molecular flexibility index (Phi) is 59.4. The normalized spacial score (nSPS) is 14.9. The molecule has 534 valence electrons. The van der Waals surface area contributed by atoms with Gasteiger partial charge in [0.25, 0.3) is 0 Å². The molecule has 0 rings (SSSR count). The molecule has 0 aliphatic heterocycles. The van der Waals surface area contributed by atoms with E-state index < -0.39 is 97.5 Å². The summed E-state index contributed by atoms with van der Waals surface area (Å²) in [4.78, 5) is 72.6. The van der Waals surface area contributed by atoms with Crippen LogP contribution in [0.5, 0.6) is 0 Å². The van der Waals surface area contributed by atoms with E-state index in [-0.39, 0.29) is 25.7 Å². The van der Waals surface area contributed by atoms with Gasteiger partial charge in [0.2, 0.25) is 0 Å². The molecule has 0 aromatic heterocycles. The van der Waals surface area contributed by atoms with Gasteiger partial charge in [-0.15, -0.1) is 0 Å². The summed E-state index contributed by atoms with van der Waals surface area (Å²) >= 11 is 0. The molecule has 0 bridgehead atoms. The molecule has 0 aliphatic carbocycles. The molecule has 0 radical (unpaired) electrons. The number of hydrogen-bond acceptors (Lipinski definition) is 15. The summed E-state index contributed by atoms with van der Waals surface area (Å²) in [5.41, 5.74) is 0. The summed E-state index contributed by atoms with van der Waals surface area (Å²) in [6, 6.07) is 0. The monoisotopic (exact) mass is 1320 g/mol. The SMILES string of the molecule is CCC(C)CCCCCCCCCCCCC(=O)O[C@H](COC(=O)CCCCCCCCCCC(C)C)COP(=O)(O)OCC(O)COP(=O)(O)OC[C@@H](COC(=O)CCCCCCCCCCCCC(C)C)OC(=O)CCCCCCCCCCC(C)CC. The lowest BCUT2D eigenvalue weighted by molar-refractivity contribution is -0.161. The van der Waals surface area contributed by atoms with E-state index in [0.717, 1.165) is 114 Å². The first-order valence-corrected chi connectivity index (χ1v) is 39.8. The maximum absolute atomic E-state index is 13.0. The molecule has 0 spiro atoms. The zero-order chi connectivity index (χ0) is 66.8. The highest BCUT2D eigenvalue weighted by atomic mass is 31.2. The topological polar surface area (TPSA) is 237 Å². The molecular weight excluding hydrogens is 1190 g/mol. The zero-order valence-electron chi connectivity index (χ0n) is 58.8. The number of ether oxygens (including phenoxy) is 4. The van der Waals surface area contributed by atoms with Crippen LogP contribution in [-0.2, 0) is 65.4 Å². The van der Waals surface area contributed by atoms with E-state index in [1.165, 1.54) is 154 Å². The molecule has 0 amide bonds. The summed E-state index contributed by atoms with van der Waals surface area (Å²) in [6.45, 7) is 14.1. The van der Waals surface area contributed by atoms with Gasteiger partial charge in [0.15, 0.2) is 12.2 Å². The van der Waals surface area contributed by atoms with Crippen LogP contribution in [0.4, 0.5) is 0 Å². The van der Waals surface area contributed by atoms with Gasteiger partial charge in [0.05, 0.1) is 26.4 Å². The first kappa shape index (κ1) is 88.1. The van der Waals surface area contributed by atoms with E-state index in [0.29, 0.717) is 25.7 Å². The lowest BCUT2D eigenvalue weighted by Gasteiger charge is -2.21. The van der Waals surface area contributed by atoms with Crippen LogP contribution in [0.1, 0.15) is 351 Å². The predicted molar refractivity (Wildman–Crippen MR) is 363 cm³/mol. The summed E-state index contributed by atoms with van der Waals surface area (Å²) in [6.07, 6.45) is 42.9. The minimum absolute atomic E-state index is 0.104. The van der Waals surface area contributed by atoms with Crippen molar-refractivity contribution in [1.82, 2.24) is 0 Å². The van der Waals surface area contributed by atoms with Gasteiger partial charge in [0.1, 0.15) is 19.3 Å². The van der Waals surface area contributed by atoms with E-state index >= 15 is 0 Å². The molecule has 0 saturated heterocycles. The molecule has 7 atom stereocenters. The second-order valence-electron chi connectivity index (χ2n) is 27.1. The maximum Gasteiger partial charge on any atom is 0.472 e. The number of carbonyl (C=O) groups is 4. The summed E-state index contributed by atoms with van der Waals surface area (Å²) in [5.74, 6) is 0.928. The van der Waals surface area contributed by atoms with E-state index in [9.17, 15) is 43.2 Å². The number of esters is 4. The third kappa shape index (κ3) is 62.2. The highest BCUT2D eigenvalue weighted by Crippen LogP contribution is 2.45. The van der Waals surface area contributed by atoms with Crippen molar-refractivity contribution in [3.8, 4) is 0 Å². The molecule has 0 aromatic carbocycles. The molecule has 0 heterocycles. The smallest absolute Gasteiger partial charge is 0.462 e. The maximum atomic E-state index is 13.0. The van der Waals surface area contributed by atoms with Gasteiger partial charge in [-0.1, -0.05) is 299 Å². The van der Waals surface area contributed by atoms with Crippen molar-refractivity contribution < 1.29 is 80.2 Å².